The standard InChI is InChI=1S/C21H30N4O4S/c1-3-4-13-23-20(26)18-7-6-16(2)25(15-18)21(27)17-8-10-19(11-9-17)30(28,29)24-14-5-12-22/h8-11,16,18,24H,3-7,13-15H2,1-2H3,(H,23,26)/t16-,18-/m0/s1. The lowest BCUT2D eigenvalue weighted by Crippen LogP contribution is -2.49. The Kier molecular flexibility index (Phi) is 8.81. The van der Waals surface area contributed by atoms with Crippen LogP contribution in [0, 0.1) is 17.2 Å². The quantitative estimate of drug-likeness (QED) is 0.577. The van der Waals surface area contributed by atoms with E-state index in [9.17, 15) is 18.0 Å². The second kappa shape index (κ2) is 11.1. The molecule has 0 unspecified atom stereocenters. The molecule has 0 bridgehead atoms. The predicted octanol–water partition coefficient (Wildman–Crippen LogP) is 2.04. The van der Waals surface area contributed by atoms with Gasteiger partial charge in [0, 0.05) is 37.7 Å². The van der Waals surface area contributed by atoms with Crippen molar-refractivity contribution in [2.24, 2.45) is 5.92 Å². The Bertz CT molecular complexity index is 877. The van der Waals surface area contributed by atoms with Crippen molar-refractivity contribution in [3.63, 3.8) is 0 Å². The van der Waals surface area contributed by atoms with Crippen LogP contribution in [-0.2, 0) is 14.8 Å². The first-order valence-electron chi connectivity index (χ1n) is 10.4. The van der Waals surface area contributed by atoms with Gasteiger partial charge in [0.15, 0.2) is 0 Å². The normalized spacial score (nSPS) is 19.2. The summed E-state index contributed by atoms with van der Waals surface area (Å²) in [6.07, 6.45) is 3.50. The van der Waals surface area contributed by atoms with Crippen LogP contribution < -0.4 is 10.0 Å². The third-order valence-electron chi connectivity index (χ3n) is 5.28. The van der Waals surface area contributed by atoms with Crippen molar-refractivity contribution in [1.29, 1.82) is 5.26 Å². The number of sulfonamides is 1. The molecule has 2 atom stereocenters. The Morgan fingerprint density at radius 3 is 2.53 bits per heavy atom. The number of piperidine rings is 1. The largest absolute Gasteiger partial charge is 0.356 e. The van der Waals surface area contributed by atoms with Crippen LogP contribution in [-0.4, -0.2) is 50.8 Å². The van der Waals surface area contributed by atoms with Crippen LogP contribution in [0.3, 0.4) is 0 Å². The van der Waals surface area contributed by atoms with E-state index in [1.165, 1.54) is 24.3 Å². The molecular weight excluding hydrogens is 404 g/mol. The van der Waals surface area contributed by atoms with Gasteiger partial charge in [-0.15, -0.1) is 0 Å². The summed E-state index contributed by atoms with van der Waals surface area (Å²) in [5.74, 6) is -0.459. The molecule has 0 radical (unpaired) electrons. The molecule has 8 nitrogen and oxygen atoms in total. The lowest BCUT2D eigenvalue weighted by atomic mass is 9.92. The molecule has 164 valence electrons. The summed E-state index contributed by atoms with van der Waals surface area (Å²) in [5.41, 5.74) is 0.380. The van der Waals surface area contributed by atoms with Crippen molar-refractivity contribution < 1.29 is 18.0 Å². The van der Waals surface area contributed by atoms with Gasteiger partial charge in [0.1, 0.15) is 0 Å². The highest BCUT2D eigenvalue weighted by molar-refractivity contribution is 7.89. The van der Waals surface area contributed by atoms with Crippen LogP contribution in [0.1, 0.15) is 56.3 Å². The maximum absolute atomic E-state index is 13.0. The molecule has 0 spiro atoms. The number of likely N-dealkylation sites (tertiary alicyclic amines) is 1. The van der Waals surface area contributed by atoms with Gasteiger partial charge in [-0.25, -0.2) is 13.1 Å². The van der Waals surface area contributed by atoms with Crippen molar-refractivity contribution in [3.8, 4) is 6.07 Å². The zero-order valence-electron chi connectivity index (χ0n) is 17.6. The van der Waals surface area contributed by atoms with Gasteiger partial charge in [0.25, 0.3) is 5.91 Å². The molecular formula is C21H30N4O4S. The smallest absolute Gasteiger partial charge is 0.254 e. The van der Waals surface area contributed by atoms with Gasteiger partial charge in [-0.2, -0.15) is 5.26 Å². The molecule has 0 saturated carbocycles. The maximum atomic E-state index is 13.0. The highest BCUT2D eigenvalue weighted by Crippen LogP contribution is 2.24. The van der Waals surface area contributed by atoms with Crippen molar-refractivity contribution in [2.75, 3.05) is 19.6 Å². The van der Waals surface area contributed by atoms with E-state index < -0.39 is 10.0 Å². The van der Waals surface area contributed by atoms with Gasteiger partial charge < -0.3 is 10.2 Å². The van der Waals surface area contributed by atoms with Gasteiger partial charge in [0.05, 0.1) is 16.9 Å². The summed E-state index contributed by atoms with van der Waals surface area (Å²) < 4.78 is 26.8. The minimum absolute atomic E-state index is 0.00764. The Balaban J connectivity index is 2.05. The number of nitrogens with one attached hydrogen (secondary N) is 2. The first kappa shape index (κ1) is 23.8. The fraction of sp³-hybridized carbons (Fsp3) is 0.571. The lowest BCUT2D eigenvalue weighted by Gasteiger charge is -2.37. The van der Waals surface area contributed by atoms with Crippen LogP contribution in [0.5, 0.6) is 0 Å². The van der Waals surface area contributed by atoms with E-state index in [4.69, 9.17) is 5.26 Å². The summed E-state index contributed by atoms with van der Waals surface area (Å²) >= 11 is 0. The Hall–Kier alpha value is -2.44. The van der Waals surface area contributed by atoms with Gasteiger partial charge in [-0.1, -0.05) is 13.3 Å². The molecule has 0 aromatic heterocycles. The molecule has 9 heteroatoms. The number of rotatable bonds is 9. The van der Waals surface area contributed by atoms with Crippen LogP contribution in [0.15, 0.2) is 29.2 Å². The lowest BCUT2D eigenvalue weighted by molar-refractivity contribution is -0.126. The number of amides is 2. The molecule has 2 amide bonds. The summed E-state index contributed by atoms with van der Waals surface area (Å²) in [7, 11) is -3.72. The monoisotopic (exact) mass is 434 g/mol. The minimum atomic E-state index is -3.72. The average Bonchev–Trinajstić information content (AvgIpc) is 2.74. The summed E-state index contributed by atoms with van der Waals surface area (Å²) in [6.45, 7) is 5.06. The minimum Gasteiger partial charge on any atom is -0.356 e. The van der Waals surface area contributed by atoms with Gasteiger partial charge >= 0.3 is 0 Å². The second-order valence-electron chi connectivity index (χ2n) is 7.56. The number of hydrogen-bond donors (Lipinski definition) is 2. The molecule has 1 fully saturated rings. The summed E-state index contributed by atoms with van der Waals surface area (Å²) in [4.78, 5) is 27.1. The molecule has 1 saturated heterocycles. The second-order valence-corrected chi connectivity index (χ2v) is 9.32. The fourth-order valence-corrected chi connectivity index (χ4v) is 4.44. The topological polar surface area (TPSA) is 119 Å². The number of hydrogen-bond acceptors (Lipinski definition) is 5. The number of carbonyl (C=O) groups is 2. The van der Waals surface area contributed by atoms with Crippen LogP contribution >= 0.6 is 0 Å². The molecule has 1 aromatic rings. The van der Waals surface area contributed by atoms with E-state index in [2.05, 4.69) is 17.0 Å². The first-order chi connectivity index (χ1) is 14.3. The van der Waals surface area contributed by atoms with E-state index in [-0.39, 0.29) is 41.6 Å². The number of benzene rings is 1. The summed E-state index contributed by atoms with van der Waals surface area (Å²) in [6, 6.07) is 7.61. The van der Waals surface area contributed by atoms with Crippen LogP contribution in [0.4, 0.5) is 0 Å². The number of nitriles is 1. The maximum Gasteiger partial charge on any atom is 0.254 e. The van der Waals surface area contributed by atoms with Crippen molar-refractivity contribution in [1.82, 2.24) is 14.9 Å². The summed E-state index contributed by atoms with van der Waals surface area (Å²) in [5, 5.41) is 11.5. The number of carbonyl (C=O) groups excluding carboxylic acids is 2. The van der Waals surface area contributed by atoms with E-state index in [1.807, 2.05) is 13.0 Å². The van der Waals surface area contributed by atoms with E-state index in [0.717, 1.165) is 25.7 Å². The van der Waals surface area contributed by atoms with E-state index in [0.29, 0.717) is 18.7 Å². The molecule has 1 aliphatic heterocycles. The van der Waals surface area contributed by atoms with Crippen molar-refractivity contribution in [3.05, 3.63) is 29.8 Å². The molecule has 30 heavy (non-hydrogen) atoms. The van der Waals surface area contributed by atoms with Gasteiger partial charge in [-0.05, 0) is 50.5 Å². The molecule has 2 N–H and O–H groups in total. The SMILES string of the molecule is CCCCNC(=O)[C@H]1CC[C@H](C)N(C(=O)c2ccc(S(=O)(=O)NCCC#N)cc2)C1. The highest BCUT2D eigenvalue weighted by Gasteiger charge is 2.33. The number of nitrogens with zero attached hydrogens (tertiary/aromatic N) is 2. The van der Waals surface area contributed by atoms with Crippen molar-refractivity contribution >= 4 is 21.8 Å². The third kappa shape index (κ3) is 6.28. The molecule has 1 aromatic carbocycles. The zero-order valence-corrected chi connectivity index (χ0v) is 18.4. The van der Waals surface area contributed by atoms with Crippen LogP contribution in [0.2, 0.25) is 0 Å². The van der Waals surface area contributed by atoms with Crippen LogP contribution in [0.25, 0.3) is 0 Å². The predicted molar refractivity (Wildman–Crippen MR) is 113 cm³/mol. The molecule has 1 aliphatic rings. The van der Waals surface area contributed by atoms with Crippen molar-refractivity contribution in [2.45, 2.75) is 56.9 Å². The fourth-order valence-electron chi connectivity index (χ4n) is 3.40. The average molecular weight is 435 g/mol. The Morgan fingerprint density at radius 2 is 1.90 bits per heavy atom. The molecule has 2 rings (SSSR count). The first-order valence-corrected chi connectivity index (χ1v) is 11.8. The van der Waals surface area contributed by atoms with E-state index >= 15 is 0 Å². The highest BCUT2D eigenvalue weighted by atomic mass is 32.2. The van der Waals surface area contributed by atoms with Gasteiger partial charge in [0.2, 0.25) is 15.9 Å². The Morgan fingerprint density at radius 1 is 1.20 bits per heavy atom. The van der Waals surface area contributed by atoms with E-state index in [1.54, 1.807) is 4.90 Å². The molecule has 1 heterocycles. The Labute approximate surface area is 178 Å². The zero-order chi connectivity index (χ0) is 22.1. The molecule has 0 aliphatic carbocycles. The number of unbranched alkanes of at least 4 members (excludes halogenated alkanes) is 1. The third-order valence-corrected chi connectivity index (χ3v) is 6.76. The van der Waals surface area contributed by atoms with Gasteiger partial charge in [-0.3, -0.25) is 9.59 Å².